The number of aliphatic imine (C=N–C) groups is 1. The molecule has 3 aliphatic rings. The summed E-state index contributed by atoms with van der Waals surface area (Å²) in [6.45, 7) is 11.7. The van der Waals surface area contributed by atoms with Crippen LogP contribution in [0.3, 0.4) is 0 Å². The minimum absolute atomic E-state index is 0.0207. The second-order valence-electron chi connectivity index (χ2n) is 12.7. The molecule has 1 aromatic carbocycles. The van der Waals surface area contributed by atoms with E-state index in [-0.39, 0.29) is 31.9 Å². The third kappa shape index (κ3) is 7.20. The normalized spacial score (nSPS) is 22.5. The van der Waals surface area contributed by atoms with Gasteiger partial charge in [-0.05, 0) is 51.3 Å². The Balaban J connectivity index is 1.52. The van der Waals surface area contributed by atoms with Crippen LogP contribution in [0.5, 0.6) is 5.75 Å². The van der Waals surface area contributed by atoms with Crippen LogP contribution in [-0.2, 0) is 23.9 Å². The number of amidine groups is 1. The van der Waals surface area contributed by atoms with Crippen LogP contribution in [0, 0.1) is 12.3 Å². The highest BCUT2D eigenvalue weighted by molar-refractivity contribution is 7.11. The molecule has 0 unspecified atom stereocenters. The van der Waals surface area contributed by atoms with Crippen molar-refractivity contribution in [2.24, 2.45) is 10.4 Å². The molecule has 0 aliphatic carbocycles. The number of hydrogen-bond acceptors (Lipinski definition) is 12. The Kier molecular flexibility index (Phi) is 10.5. The molecule has 4 heterocycles. The summed E-state index contributed by atoms with van der Waals surface area (Å²) in [5.74, 6) is -4.01. The van der Waals surface area contributed by atoms with Gasteiger partial charge >= 0.3 is 17.9 Å². The molecule has 0 radical (unpaired) electrons. The summed E-state index contributed by atoms with van der Waals surface area (Å²) in [7, 11) is 0. The number of nitrogens with one attached hydrogen (secondary N) is 1. The number of thiazole rings is 1. The number of benzene rings is 1. The van der Waals surface area contributed by atoms with Gasteiger partial charge in [0.1, 0.15) is 18.4 Å². The van der Waals surface area contributed by atoms with E-state index in [4.69, 9.17) is 19.2 Å². The minimum Gasteiger partial charge on any atom is -0.463 e. The summed E-state index contributed by atoms with van der Waals surface area (Å²) in [5.41, 5.74) is 0.715. The van der Waals surface area contributed by atoms with Crippen LogP contribution >= 0.6 is 11.3 Å². The number of likely N-dealkylation sites (tertiary alicyclic amines) is 2. The van der Waals surface area contributed by atoms with Crippen molar-refractivity contribution < 1.29 is 37.4 Å². The monoisotopic (exact) mass is 685 g/mol. The van der Waals surface area contributed by atoms with E-state index in [9.17, 15) is 14.4 Å². The van der Waals surface area contributed by atoms with Crippen LogP contribution in [0.1, 0.15) is 56.3 Å². The number of nitrogens with zero attached hydrogens (tertiary/aromatic N) is 4. The van der Waals surface area contributed by atoms with Gasteiger partial charge < -0.3 is 19.5 Å². The summed E-state index contributed by atoms with van der Waals surface area (Å²) in [6.07, 6.45) is 3.54. The summed E-state index contributed by atoms with van der Waals surface area (Å²) in [4.78, 5) is 51.0. The fourth-order valence-electron chi connectivity index (χ4n) is 6.74. The molecule has 1 aromatic heterocycles. The predicted octanol–water partition coefficient (Wildman–Crippen LogP) is 4.43. The molecule has 2 aromatic rings. The first-order valence-electron chi connectivity index (χ1n) is 15.8. The van der Waals surface area contributed by atoms with E-state index in [0.717, 1.165) is 0 Å². The zero-order valence-corrected chi connectivity index (χ0v) is 28.6. The zero-order valence-electron chi connectivity index (χ0n) is 27.8. The lowest BCUT2D eigenvalue weighted by Crippen LogP contribution is -2.50. The van der Waals surface area contributed by atoms with Crippen molar-refractivity contribution in [3.63, 3.8) is 0 Å². The van der Waals surface area contributed by atoms with Crippen molar-refractivity contribution in [3.05, 3.63) is 69.8 Å². The van der Waals surface area contributed by atoms with Crippen molar-refractivity contribution in [2.45, 2.75) is 65.1 Å². The number of alkyl halides is 2. The van der Waals surface area contributed by atoms with Crippen LogP contribution in [-0.4, -0.2) is 95.9 Å². The minimum atomic E-state index is -3.10. The Bertz CT molecular complexity index is 1630. The maximum Gasteiger partial charge on any atom is 0.338 e. The molecule has 2 saturated heterocycles. The van der Waals surface area contributed by atoms with Gasteiger partial charge in [-0.2, -0.15) is 0 Å². The number of ether oxygens (including phenoxy) is 3. The van der Waals surface area contributed by atoms with E-state index in [2.05, 4.69) is 16.9 Å². The molecule has 3 aliphatic heterocycles. The second-order valence-corrected chi connectivity index (χ2v) is 13.6. The van der Waals surface area contributed by atoms with E-state index >= 15 is 8.78 Å². The van der Waals surface area contributed by atoms with Crippen molar-refractivity contribution in [1.82, 2.24) is 20.1 Å². The quantitative estimate of drug-likeness (QED) is 0.195. The van der Waals surface area contributed by atoms with Gasteiger partial charge in [0.05, 0.1) is 30.2 Å². The number of rotatable bonds is 12. The Morgan fingerprint density at radius 2 is 2.00 bits per heavy atom. The standard InChI is InChI=1S/C34H41F2N5O6S/c1-7-15-46-32(44)33(5,6)18-40-14-12-24-28(40)34(35,36)19-41(24)17-23-26(31(43)45-8-2)27(39-29(38-23)30-37-13-16-48-30)22-10-9-11-25(20(22)3)47-21(4)42/h7,9-11,13,16,24,27-28H,1,8,12,14-15,17-19H2,2-6H3,(H,38,39)/t24-,27+,28+/m0/s1. The summed E-state index contributed by atoms with van der Waals surface area (Å²) >= 11 is 1.34. The highest BCUT2D eigenvalue weighted by Gasteiger charge is 2.60. The Labute approximate surface area is 282 Å². The molecular formula is C34H41F2N5O6S. The summed E-state index contributed by atoms with van der Waals surface area (Å²) in [5, 5.41) is 5.59. The summed E-state index contributed by atoms with van der Waals surface area (Å²) in [6, 6.07) is 2.56. The van der Waals surface area contributed by atoms with Gasteiger partial charge in [-0.25, -0.2) is 18.6 Å². The zero-order chi connectivity index (χ0) is 34.8. The fourth-order valence-corrected chi connectivity index (χ4v) is 7.33. The van der Waals surface area contributed by atoms with E-state index in [0.29, 0.717) is 46.4 Å². The molecule has 14 heteroatoms. The van der Waals surface area contributed by atoms with Crippen LogP contribution < -0.4 is 10.1 Å². The molecule has 258 valence electrons. The molecule has 0 bridgehead atoms. The van der Waals surface area contributed by atoms with Crippen LogP contribution in [0.2, 0.25) is 0 Å². The van der Waals surface area contributed by atoms with Crippen molar-refractivity contribution in [2.75, 3.05) is 39.4 Å². The maximum absolute atomic E-state index is 15.9. The van der Waals surface area contributed by atoms with Gasteiger partial charge in [-0.1, -0.05) is 24.8 Å². The van der Waals surface area contributed by atoms with E-state index in [1.54, 1.807) is 67.3 Å². The van der Waals surface area contributed by atoms with Gasteiger partial charge in [0.2, 0.25) is 0 Å². The molecular weight excluding hydrogens is 644 g/mol. The Morgan fingerprint density at radius 1 is 1.23 bits per heavy atom. The lowest BCUT2D eigenvalue weighted by molar-refractivity contribution is -0.155. The van der Waals surface area contributed by atoms with Gasteiger partial charge in [0, 0.05) is 49.9 Å². The molecule has 0 spiro atoms. The van der Waals surface area contributed by atoms with Crippen molar-refractivity contribution in [1.29, 1.82) is 0 Å². The molecule has 0 saturated carbocycles. The third-order valence-corrected chi connectivity index (χ3v) is 9.54. The average molecular weight is 686 g/mol. The number of carbonyl (C=O) groups excluding carboxylic acids is 3. The highest BCUT2D eigenvalue weighted by Crippen LogP contribution is 2.44. The molecule has 11 nitrogen and oxygen atoms in total. The van der Waals surface area contributed by atoms with Gasteiger partial charge in [-0.3, -0.25) is 24.4 Å². The Hall–Kier alpha value is -4.01. The molecule has 3 atom stereocenters. The third-order valence-electron chi connectivity index (χ3n) is 8.76. The number of esters is 3. The Morgan fingerprint density at radius 3 is 2.67 bits per heavy atom. The van der Waals surface area contributed by atoms with Gasteiger partial charge in [0.25, 0.3) is 5.92 Å². The van der Waals surface area contributed by atoms with E-state index in [1.165, 1.54) is 24.3 Å². The molecule has 1 N–H and O–H groups in total. The lowest BCUT2D eigenvalue weighted by Gasteiger charge is -2.34. The topological polar surface area (TPSA) is 123 Å². The van der Waals surface area contributed by atoms with Gasteiger partial charge in [0.15, 0.2) is 10.8 Å². The van der Waals surface area contributed by atoms with Crippen LogP contribution in [0.25, 0.3) is 0 Å². The van der Waals surface area contributed by atoms with E-state index in [1.807, 2.05) is 0 Å². The summed E-state index contributed by atoms with van der Waals surface area (Å²) < 4.78 is 48.1. The van der Waals surface area contributed by atoms with Crippen molar-refractivity contribution >= 4 is 35.1 Å². The number of fused-ring (bicyclic) bond motifs is 1. The molecule has 0 amide bonds. The lowest BCUT2D eigenvalue weighted by atomic mass is 9.91. The van der Waals surface area contributed by atoms with Gasteiger partial charge in [-0.15, -0.1) is 11.3 Å². The number of carbonyl (C=O) groups is 3. The second kappa shape index (κ2) is 14.2. The van der Waals surface area contributed by atoms with Crippen LogP contribution in [0.4, 0.5) is 8.78 Å². The number of hydrogen-bond donors (Lipinski definition) is 1. The van der Waals surface area contributed by atoms with E-state index < -0.39 is 53.9 Å². The number of aromatic nitrogens is 1. The molecule has 2 fully saturated rings. The average Bonchev–Trinajstić information content (AvgIpc) is 3.76. The fraction of sp³-hybridized carbons (Fsp3) is 0.500. The highest BCUT2D eigenvalue weighted by atomic mass is 32.1. The predicted molar refractivity (Wildman–Crippen MR) is 176 cm³/mol. The number of halogens is 2. The SMILES string of the molecule is C=CCOC(=O)C(C)(C)CN1CC[C@H]2[C@@H]1C(F)(F)CN2CC1=C(C(=O)OCC)[C@@H](c2cccc(OC(C)=O)c2C)N=C(c2nccs2)N1. The molecule has 48 heavy (non-hydrogen) atoms. The largest absolute Gasteiger partial charge is 0.463 e. The van der Waals surface area contributed by atoms with Crippen molar-refractivity contribution in [3.8, 4) is 5.75 Å². The van der Waals surface area contributed by atoms with Crippen LogP contribution in [0.15, 0.2) is 58.7 Å². The first-order valence-corrected chi connectivity index (χ1v) is 16.7. The maximum atomic E-state index is 15.9. The first-order chi connectivity index (χ1) is 22.8. The molecule has 5 rings (SSSR count). The first kappa shape index (κ1) is 35.3. The smallest absolute Gasteiger partial charge is 0.338 e.